The third kappa shape index (κ3) is 3.56. The first-order valence-electron chi connectivity index (χ1n) is 17.6. The van der Waals surface area contributed by atoms with Gasteiger partial charge in [0.1, 0.15) is 0 Å². The van der Waals surface area contributed by atoms with Crippen molar-refractivity contribution in [3.63, 3.8) is 0 Å². The van der Waals surface area contributed by atoms with E-state index < -0.39 is 11.5 Å². The molecule has 0 bridgehead atoms. The first-order valence-corrected chi connectivity index (χ1v) is 17.6. The molecule has 240 valence electrons. The average molecular weight is 627 g/mol. The molecule has 1 aliphatic carbocycles. The number of alkyl halides is 2. The minimum atomic E-state index is -2.12. The van der Waals surface area contributed by atoms with Gasteiger partial charge in [-0.3, -0.25) is 0 Å². The van der Waals surface area contributed by atoms with Gasteiger partial charge in [0.25, 0.3) is 6.71 Å². The Labute approximate surface area is 278 Å². The van der Waals surface area contributed by atoms with Gasteiger partial charge in [0, 0.05) is 45.3 Å². The second-order valence-electron chi connectivity index (χ2n) is 18.0. The number of hydrogen-bond donors (Lipinski definition) is 0. The summed E-state index contributed by atoms with van der Waals surface area (Å²) in [5.74, 6) is -2.12. The molecule has 1 saturated carbocycles. The number of fused-ring (bicyclic) bond motifs is 10. The molecule has 5 aromatic rings. The Morgan fingerprint density at radius 3 is 1.98 bits per heavy atom. The van der Waals surface area contributed by atoms with Crippen LogP contribution in [0.1, 0.15) is 110 Å². The van der Waals surface area contributed by atoms with Crippen LogP contribution in [0.25, 0.3) is 27.5 Å². The molecule has 2 atom stereocenters. The van der Waals surface area contributed by atoms with E-state index in [1.807, 2.05) is 11.0 Å². The number of rotatable bonds is 0. The number of aromatic nitrogens is 1. The minimum absolute atomic E-state index is 0.00823. The van der Waals surface area contributed by atoms with E-state index in [2.05, 4.69) is 121 Å². The Kier molecular flexibility index (Phi) is 5.47. The number of anilines is 2. The van der Waals surface area contributed by atoms with E-state index in [1.165, 1.54) is 32.9 Å². The van der Waals surface area contributed by atoms with Gasteiger partial charge < -0.3 is 9.47 Å². The van der Waals surface area contributed by atoms with Crippen LogP contribution in [0.15, 0.2) is 60.7 Å². The van der Waals surface area contributed by atoms with Crippen LogP contribution in [0.3, 0.4) is 0 Å². The van der Waals surface area contributed by atoms with Gasteiger partial charge in [0.2, 0.25) is 5.79 Å². The average Bonchev–Trinajstić information content (AvgIpc) is 3.43. The molecule has 0 N–H and O–H groups in total. The Bertz CT molecular complexity index is 2210. The van der Waals surface area contributed by atoms with Gasteiger partial charge in [-0.05, 0) is 105 Å². The maximum Gasteiger partial charge on any atom is 0.252 e. The zero-order chi connectivity index (χ0) is 33.2. The van der Waals surface area contributed by atoms with Crippen molar-refractivity contribution in [2.45, 2.75) is 116 Å². The van der Waals surface area contributed by atoms with Crippen LogP contribution in [0.2, 0.25) is 0 Å². The first kappa shape index (κ1) is 29.5. The van der Waals surface area contributed by atoms with Crippen LogP contribution in [0.4, 0.5) is 20.2 Å². The van der Waals surface area contributed by atoms with Gasteiger partial charge in [-0.15, -0.1) is 0 Å². The maximum absolute atomic E-state index is 17.9. The van der Waals surface area contributed by atoms with E-state index in [9.17, 15) is 0 Å². The van der Waals surface area contributed by atoms with Gasteiger partial charge in [-0.25, -0.2) is 8.78 Å². The van der Waals surface area contributed by atoms with Crippen LogP contribution < -0.4 is 21.3 Å². The van der Waals surface area contributed by atoms with Crippen molar-refractivity contribution in [2.24, 2.45) is 0 Å². The van der Waals surface area contributed by atoms with Crippen molar-refractivity contribution in [1.29, 1.82) is 0 Å². The maximum atomic E-state index is 17.9. The molecular weight excluding hydrogens is 581 g/mol. The molecular formula is C42H45BF2N2. The molecule has 0 spiro atoms. The molecule has 1 fully saturated rings. The zero-order valence-electron chi connectivity index (χ0n) is 29.3. The fraction of sp³-hybridized carbons (Fsp3) is 0.429. The van der Waals surface area contributed by atoms with Crippen molar-refractivity contribution < 1.29 is 8.78 Å². The summed E-state index contributed by atoms with van der Waals surface area (Å²) < 4.78 is 38.1. The number of hydrogen-bond acceptors (Lipinski definition) is 1. The highest BCUT2D eigenvalue weighted by Crippen LogP contribution is 2.63. The lowest BCUT2D eigenvalue weighted by Crippen LogP contribution is -2.63. The normalized spacial score (nSPS) is 23.0. The lowest BCUT2D eigenvalue weighted by atomic mass is 9.33. The molecule has 2 unspecified atom stereocenters. The highest BCUT2D eigenvalue weighted by atomic mass is 19.2. The first-order chi connectivity index (χ1) is 21.9. The molecule has 9 rings (SSSR count). The Hall–Kier alpha value is -3.60. The fourth-order valence-corrected chi connectivity index (χ4v) is 9.35. The van der Waals surface area contributed by atoms with E-state index in [0.29, 0.717) is 18.4 Å². The Balaban J connectivity index is 1.48. The third-order valence-corrected chi connectivity index (χ3v) is 12.0. The number of halogens is 2. The summed E-state index contributed by atoms with van der Waals surface area (Å²) in [6.45, 7) is 20.1. The van der Waals surface area contributed by atoms with Crippen LogP contribution in [-0.4, -0.2) is 17.1 Å². The monoisotopic (exact) mass is 626 g/mol. The zero-order valence-corrected chi connectivity index (χ0v) is 29.3. The smallest absolute Gasteiger partial charge is 0.252 e. The number of nitrogens with zero attached hydrogens (tertiary/aromatic N) is 2. The van der Waals surface area contributed by atoms with Gasteiger partial charge in [0.15, 0.2) is 5.67 Å². The van der Waals surface area contributed by atoms with E-state index in [0.717, 1.165) is 39.1 Å². The molecule has 5 heteroatoms. The van der Waals surface area contributed by atoms with Crippen molar-refractivity contribution in [3.05, 3.63) is 82.9 Å². The summed E-state index contributed by atoms with van der Waals surface area (Å²) in [5.41, 5.74) is 10.3. The van der Waals surface area contributed by atoms with Gasteiger partial charge in [-0.2, -0.15) is 0 Å². The summed E-state index contributed by atoms with van der Waals surface area (Å²) in [6, 6.07) is 22.4. The summed E-state index contributed by atoms with van der Waals surface area (Å²) >= 11 is 0. The standard InChI is InChI=1S/C42H45BF2N2/c1-38(2,3)24-15-16-32-27(19-24)28-20-25(39(4,5)6)22-30-36(28)46(32)33-13-12-14-34-35(33)43(30)31-23-26(40(7,8)9)21-29-37(31)47(34)42(45)18-11-10-17-41(29,42)44/h12-16,19-23H,10-11,17-18H2,1-9H3. The van der Waals surface area contributed by atoms with Gasteiger partial charge in [-0.1, -0.05) is 86.6 Å². The SMILES string of the molecule is CC(C)(C)c1cc2c3c(c1)C1(F)CCCCC1(F)N3c1cccc3c1B2c1cc(C(C)(C)C)cc2c4cc(C(C)(C)C)ccc4n-3c12. The Morgan fingerprint density at radius 1 is 0.660 bits per heavy atom. The summed E-state index contributed by atoms with van der Waals surface area (Å²) in [7, 11) is 0. The van der Waals surface area contributed by atoms with Crippen LogP contribution >= 0.6 is 0 Å². The molecule has 2 nitrogen and oxygen atoms in total. The van der Waals surface area contributed by atoms with Crippen LogP contribution in [0.5, 0.6) is 0 Å². The van der Waals surface area contributed by atoms with Crippen molar-refractivity contribution in [3.8, 4) is 5.69 Å². The highest BCUT2D eigenvalue weighted by Gasteiger charge is 2.68. The molecule has 47 heavy (non-hydrogen) atoms. The van der Waals surface area contributed by atoms with Gasteiger partial charge in [0.05, 0.1) is 5.52 Å². The molecule has 3 aliphatic heterocycles. The predicted octanol–water partition coefficient (Wildman–Crippen LogP) is 9.38. The molecule has 0 radical (unpaired) electrons. The van der Waals surface area contributed by atoms with Crippen molar-refractivity contribution >= 4 is 56.3 Å². The lowest BCUT2D eigenvalue weighted by Gasteiger charge is -2.46. The fourth-order valence-electron chi connectivity index (χ4n) is 9.35. The van der Waals surface area contributed by atoms with Gasteiger partial charge >= 0.3 is 0 Å². The lowest BCUT2D eigenvalue weighted by molar-refractivity contribution is -0.0615. The third-order valence-electron chi connectivity index (χ3n) is 12.0. The number of benzene rings is 4. The Morgan fingerprint density at radius 2 is 1.28 bits per heavy atom. The minimum Gasteiger partial charge on any atom is -0.310 e. The van der Waals surface area contributed by atoms with Crippen molar-refractivity contribution in [1.82, 2.24) is 4.57 Å². The van der Waals surface area contributed by atoms with E-state index >= 15 is 8.78 Å². The molecule has 4 aliphatic rings. The largest absolute Gasteiger partial charge is 0.310 e. The molecule has 4 heterocycles. The summed E-state index contributed by atoms with van der Waals surface area (Å²) in [6.07, 6.45) is 1.78. The summed E-state index contributed by atoms with van der Waals surface area (Å²) in [5, 5.41) is 2.51. The quantitative estimate of drug-likeness (QED) is 0.121. The second kappa shape index (κ2) is 8.70. The van der Waals surface area contributed by atoms with E-state index in [1.54, 1.807) is 0 Å². The van der Waals surface area contributed by atoms with Crippen LogP contribution in [-0.2, 0) is 21.9 Å². The topological polar surface area (TPSA) is 8.17 Å². The van der Waals surface area contributed by atoms with E-state index in [4.69, 9.17) is 0 Å². The summed E-state index contributed by atoms with van der Waals surface area (Å²) in [4.78, 5) is 1.82. The molecule has 1 aromatic heterocycles. The van der Waals surface area contributed by atoms with Crippen LogP contribution in [0, 0.1) is 0 Å². The van der Waals surface area contributed by atoms with E-state index in [-0.39, 0.29) is 35.8 Å². The predicted molar refractivity (Wildman–Crippen MR) is 195 cm³/mol. The molecule has 4 aromatic carbocycles. The highest BCUT2D eigenvalue weighted by molar-refractivity contribution is 7.00. The van der Waals surface area contributed by atoms with Crippen molar-refractivity contribution in [2.75, 3.05) is 4.90 Å². The molecule has 0 amide bonds. The second-order valence-corrected chi connectivity index (χ2v) is 18.0. The molecule has 0 saturated heterocycles.